The van der Waals surface area contributed by atoms with Crippen molar-refractivity contribution in [1.29, 1.82) is 0 Å². The molecule has 158 valence electrons. The zero-order chi connectivity index (χ0) is 20.7. The number of aromatic nitrogens is 4. The van der Waals surface area contributed by atoms with Crippen LogP contribution in [-0.2, 0) is 4.74 Å². The zero-order valence-electron chi connectivity index (χ0n) is 18.1. The Morgan fingerprint density at radius 1 is 1.07 bits per heavy atom. The van der Waals surface area contributed by atoms with E-state index in [0.29, 0.717) is 12.0 Å². The molecule has 4 heterocycles. The molecule has 7 nitrogen and oxygen atoms in total. The summed E-state index contributed by atoms with van der Waals surface area (Å²) in [6, 6.07) is 7.23. The van der Waals surface area contributed by atoms with Crippen LogP contribution in [0.5, 0.6) is 0 Å². The molecule has 0 radical (unpaired) electrons. The maximum Gasteiger partial charge on any atom is 0.159 e. The van der Waals surface area contributed by atoms with Crippen LogP contribution in [0.15, 0.2) is 24.4 Å². The molecule has 2 aliphatic heterocycles. The average molecular weight is 407 g/mol. The summed E-state index contributed by atoms with van der Waals surface area (Å²) in [5.41, 5.74) is 3.92. The highest BCUT2D eigenvalue weighted by atomic mass is 16.5. The lowest BCUT2D eigenvalue weighted by atomic mass is 9.84. The first-order valence-electron chi connectivity index (χ1n) is 11.0. The number of ether oxygens (including phenoxy) is 1. The number of anilines is 1. The largest absolute Gasteiger partial charge is 0.378 e. The number of nitrogens with one attached hydrogen (secondary N) is 1. The van der Waals surface area contributed by atoms with E-state index in [2.05, 4.69) is 47.2 Å². The molecule has 2 fully saturated rings. The Labute approximate surface area is 177 Å². The van der Waals surface area contributed by atoms with Crippen LogP contribution < -0.4 is 10.2 Å². The van der Waals surface area contributed by atoms with Crippen molar-refractivity contribution >= 4 is 16.7 Å². The molecule has 2 unspecified atom stereocenters. The fourth-order valence-corrected chi connectivity index (χ4v) is 4.84. The molecule has 0 spiro atoms. The summed E-state index contributed by atoms with van der Waals surface area (Å²) in [4.78, 5) is 11.7. The fourth-order valence-electron chi connectivity index (χ4n) is 4.84. The Morgan fingerprint density at radius 3 is 2.67 bits per heavy atom. The Kier molecular flexibility index (Phi) is 5.16. The van der Waals surface area contributed by atoms with Gasteiger partial charge in [-0.05, 0) is 69.3 Å². The van der Waals surface area contributed by atoms with Crippen molar-refractivity contribution in [3.8, 4) is 5.82 Å². The van der Waals surface area contributed by atoms with Crippen LogP contribution in [0.2, 0.25) is 0 Å². The van der Waals surface area contributed by atoms with E-state index in [4.69, 9.17) is 14.8 Å². The van der Waals surface area contributed by atoms with Crippen molar-refractivity contribution in [2.24, 2.45) is 0 Å². The molecule has 0 amide bonds. The van der Waals surface area contributed by atoms with Gasteiger partial charge in [-0.1, -0.05) is 0 Å². The Bertz CT molecular complexity index is 1060. The molecule has 3 aromatic rings. The molecule has 2 atom stereocenters. The number of benzene rings is 1. The number of morpholine rings is 1. The predicted octanol–water partition coefficient (Wildman–Crippen LogP) is 3.12. The molecule has 1 N–H and O–H groups in total. The van der Waals surface area contributed by atoms with Gasteiger partial charge in [0.15, 0.2) is 5.82 Å². The van der Waals surface area contributed by atoms with Gasteiger partial charge in [-0.2, -0.15) is 5.10 Å². The number of nitrogens with zero attached hydrogens (tertiary/aromatic N) is 5. The fraction of sp³-hybridized carbons (Fsp3) is 0.522. The van der Waals surface area contributed by atoms with Crippen molar-refractivity contribution in [2.45, 2.75) is 45.6 Å². The summed E-state index contributed by atoms with van der Waals surface area (Å²) in [5, 5.41) is 9.43. The summed E-state index contributed by atoms with van der Waals surface area (Å²) in [6.07, 6.45) is 4.30. The Balaban J connectivity index is 1.56. The first-order valence-corrected chi connectivity index (χ1v) is 11.0. The SMILES string of the molecule is Cc1nc(N2CCOCC2)cc(-n2ncc3cc(C)c(C4CCNC(C)C4)cc32)n1. The van der Waals surface area contributed by atoms with E-state index in [9.17, 15) is 0 Å². The lowest BCUT2D eigenvalue weighted by Gasteiger charge is -2.29. The van der Waals surface area contributed by atoms with Gasteiger partial charge in [-0.25, -0.2) is 14.6 Å². The summed E-state index contributed by atoms with van der Waals surface area (Å²) < 4.78 is 7.47. The van der Waals surface area contributed by atoms with Gasteiger partial charge in [0.25, 0.3) is 0 Å². The number of aryl methyl sites for hydroxylation is 2. The summed E-state index contributed by atoms with van der Waals surface area (Å²) in [6.45, 7) is 10.7. The molecular formula is C23H30N6O. The van der Waals surface area contributed by atoms with E-state index in [0.717, 1.165) is 61.2 Å². The minimum Gasteiger partial charge on any atom is -0.378 e. The summed E-state index contributed by atoms with van der Waals surface area (Å²) >= 11 is 0. The molecule has 7 heteroatoms. The van der Waals surface area contributed by atoms with Crippen molar-refractivity contribution in [1.82, 2.24) is 25.1 Å². The average Bonchev–Trinajstić information content (AvgIpc) is 3.16. The van der Waals surface area contributed by atoms with Crippen LogP contribution in [0.25, 0.3) is 16.7 Å². The zero-order valence-corrected chi connectivity index (χ0v) is 18.1. The maximum absolute atomic E-state index is 5.49. The Morgan fingerprint density at radius 2 is 1.87 bits per heavy atom. The first-order chi connectivity index (χ1) is 14.6. The lowest BCUT2D eigenvalue weighted by Crippen LogP contribution is -2.37. The van der Waals surface area contributed by atoms with Crippen molar-refractivity contribution < 1.29 is 4.74 Å². The van der Waals surface area contributed by atoms with Gasteiger partial charge in [-0.15, -0.1) is 0 Å². The standard InChI is InChI=1S/C23H30N6O/c1-15-10-19-14-25-29(21(19)12-20(15)18-4-5-24-16(2)11-18)23-13-22(26-17(3)27-23)28-6-8-30-9-7-28/h10,12-14,16,18,24H,4-9,11H2,1-3H3. The van der Waals surface area contributed by atoms with E-state index in [1.54, 1.807) is 0 Å². The lowest BCUT2D eigenvalue weighted by molar-refractivity contribution is 0.122. The van der Waals surface area contributed by atoms with Crippen LogP contribution in [-0.4, -0.2) is 58.6 Å². The molecule has 30 heavy (non-hydrogen) atoms. The van der Waals surface area contributed by atoms with Gasteiger partial charge >= 0.3 is 0 Å². The van der Waals surface area contributed by atoms with Crippen LogP contribution in [0.4, 0.5) is 5.82 Å². The molecule has 5 rings (SSSR count). The highest BCUT2D eigenvalue weighted by molar-refractivity contribution is 5.82. The van der Waals surface area contributed by atoms with Crippen molar-refractivity contribution in [2.75, 3.05) is 37.7 Å². The van der Waals surface area contributed by atoms with E-state index >= 15 is 0 Å². The minimum absolute atomic E-state index is 0.560. The number of fused-ring (bicyclic) bond motifs is 1. The second kappa shape index (κ2) is 7.96. The molecular weight excluding hydrogens is 376 g/mol. The van der Waals surface area contributed by atoms with Crippen molar-refractivity contribution in [3.63, 3.8) is 0 Å². The second-order valence-corrected chi connectivity index (χ2v) is 8.63. The van der Waals surface area contributed by atoms with Gasteiger partial charge in [-0.3, -0.25) is 0 Å². The number of piperidine rings is 1. The molecule has 1 aromatic carbocycles. The van der Waals surface area contributed by atoms with Crippen LogP contribution in [0.3, 0.4) is 0 Å². The topological polar surface area (TPSA) is 68.1 Å². The van der Waals surface area contributed by atoms with Crippen LogP contribution >= 0.6 is 0 Å². The smallest absolute Gasteiger partial charge is 0.159 e. The molecule has 2 saturated heterocycles. The van der Waals surface area contributed by atoms with Gasteiger partial charge in [0.2, 0.25) is 0 Å². The monoisotopic (exact) mass is 406 g/mol. The van der Waals surface area contributed by atoms with E-state index in [1.807, 2.05) is 17.8 Å². The number of rotatable bonds is 3. The first kappa shape index (κ1) is 19.5. The second-order valence-electron chi connectivity index (χ2n) is 8.63. The normalized spacial score (nSPS) is 22.6. The summed E-state index contributed by atoms with van der Waals surface area (Å²) in [5.74, 6) is 3.12. The third kappa shape index (κ3) is 3.68. The van der Waals surface area contributed by atoms with E-state index in [-0.39, 0.29) is 0 Å². The van der Waals surface area contributed by atoms with E-state index in [1.165, 1.54) is 24.0 Å². The van der Waals surface area contributed by atoms with Crippen LogP contribution in [0, 0.1) is 13.8 Å². The maximum atomic E-state index is 5.49. The van der Waals surface area contributed by atoms with E-state index < -0.39 is 0 Å². The number of hydrogen-bond acceptors (Lipinski definition) is 6. The molecule has 0 bridgehead atoms. The quantitative estimate of drug-likeness (QED) is 0.721. The predicted molar refractivity (Wildman–Crippen MR) is 119 cm³/mol. The summed E-state index contributed by atoms with van der Waals surface area (Å²) in [7, 11) is 0. The van der Waals surface area contributed by atoms with Gasteiger partial charge in [0, 0.05) is 30.6 Å². The minimum atomic E-state index is 0.560. The van der Waals surface area contributed by atoms with Gasteiger partial charge in [0.1, 0.15) is 11.6 Å². The third-order valence-corrected chi connectivity index (χ3v) is 6.38. The Hall–Kier alpha value is -2.51. The van der Waals surface area contributed by atoms with Gasteiger partial charge in [0.05, 0.1) is 24.9 Å². The molecule has 2 aliphatic rings. The van der Waals surface area contributed by atoms with Gasteiger partial charge < -0.3 is 15.0 Å². The molecule has 0 saturated carbocycles. The van der Waals surface area contributed by atoms with Crippen LogP contribution in [0.1, 0.15) is 42.6 Å². The highest BCUT2D eigenvalue weighted by Crippen LogP contribution is 2.33. The van der Waals surface area contributed by atoms with Crippen molar-refractivity contribution in [3.05, 3.63) is 41.3 Å². The highest BCUT2D eigenvalue weighted by Gasteiger charge is 2.23. The third-order valence-electron chi connectivity index (χ3n) is 6.38. The number of hydrogen-bond donors (Lipinski definition) is 1. The molecule has 2 aromatic heterocycles. The molecule has 0 aliphatic carbocycles.